The van der Waals surface area contributed by atoms with E-state index in [4.69, 9.17) is 4.74 Å². The van der Waals surface area contributed by atoms with Crippen LogP contribution in [0.25, 0.3) is 0 Å². The Labute approximate surface area is 107 Å². The van der Waals surface area contributed by atoms with Gasteiger partial charge < -0.3 is 9.84 Å². The Hall–Kier alpha value is -1.51. The topological polar surface area (TPSA) is 46.5 Å². The number of carboxylic acid groups (broad SMARTS) is 1. The molecular formula is C15H18O3. The first kappa shape index (κ1) is 11.6. The molecule has 3 heteroatoms. The summed E-state index contributed by atoms with van der Waals surface area (Å²) in [4.78, 5) is 11.8. The van der Waals surface area contributed by atoms with Gasteiger partial charge in [-0.2, -0.15) is 0 Å². The second-order valence-corrected chi connectivity index (χ2v) is 5.46. The van der Waals surface area contributed by atoms with Gasteiger partial charge in [-0.05, 0) is 24.8 Å². The molecule has 1 aliphatic heterocycles. The van der Waals surface area contributed by atoms with Gasteiger partial charge >= 0.3 is 5.97 Å². The van der Waals surface area contributed by atoms with Gasteiger partial charge in [0.25, 0.3) is 0 Å². The molecule has 3 nitrogen and oxygen atoms in total. The van der Waals surface area contributed by atoms with E-state index in [-0.39, 0.29) is 0 Å². The number of carboxylic acids is 1. The van der Waals surface area contributed by atoms with Crippen LogP contribution in [0.5, 0.6) is 5.75 Å². The number of hydrogen-bond acceptors (Lipinski definition) is 2. The van der Waals surface area contributed by atoms with Crippen molar-refractivity contribution in [3.05, 3.63) is 29.8 Å². The monoisotopic (exact) mass is 246 g/mol. The van der Waals surface area contributed by atoms with Crippen molar-refractivity contribution in [2.75, 3.05) is 6.61 Å². The molecule has 1 aromatic carbocycles. The average molecular weight is 246 g/mol. The summed E-state index contributed by atoms with van der Waals surface area (Å²) >= 11 is 0. The molecule has 1 saturated carbocycles. The van der Waals surface area contributed by atoms with Crippen LogP contribution < -0.4 is 4.74 Å². The Bertz CT molecular complexity index is 465. The summed E-state index contributed by atoms with van der Waals surface area (Å²) in [5.74, 6) is 0.817. The number of fused-ring (bicyclic) bond motifs is 1. The maximum Gasteiger partial charge on any atom is 0.314 e. The molecule has 1 atom stereocenters. The highest BCUT2D eigenvalue weighted by Crippen LogP contribution is 2.45. The summed E-state index contributed by atoms with van der Waals surface area (Å²) in [7, 11) is 0. The summed E-state index contributed by atoms with van der Waals surface area (Å²) in [5.41, 5.74) is 0.140. The van der Waals surface area contributed by atoms with Crippen molar-refractivity contribution in [1.82, 2.24) is 0 Å². The van der Waals surface area contributed by atoms with Gasteiger partial charge in [0.2, 0.25) is 0 Å². The van der Waals surface area contributed by atoms with Gasteiger partial charge in [0.1, 0.15) is 5.75 Å². The quantitative estimate of drug-likeness (QED) is 0.888. The van der Waals surface area contributed by atoms with E-state index in [0.717, 1.165) is 30.1 Å². The Kier molecular flexibility index (Phi) is 2.77. The van der Waals surface area contributed by atoms with Gasteiger partial charge in [-0.25, -0.2) is 0 Å². The molecule has 1 heterocycles. The molecule has 0 bridgehead atoms. The summed E-state index contributed by atoms with van der Waals surface area (Å²) in [6.07, 6.45) is 4.90. The van der Waals surface area contributed by atoms with Crippen LogP contribution in [0.4, 0.5) is 0 Å². The van der Waals surface area contributed by atoms with Crippen molar-refractivity contribution in [1.29, 1.82) is 0 Å². The van der Waals surface area contributed by atoms with Gasteiger partial charge in [-0.15, -0.1) is 0 Å². The van der Waals surface area contributed by atoms with E-state index in [1.807, 2.05) is 24.3 Å². The molecule has 0 saturated heterocycles. The fourth-order valence-electron chi connectivity index (χ4n) is 2.90. The molecule has 96 valence electrons. The number of ether oxygens (including phenoxy) is 1. The van der Waals surface area contributed by atoms with E-state index in [1.54, 1.807) is 0 Å². The zero-order chi connectivity index (χ0) is 12.6. The maximum absolute atomic E-state index is 11.8. The highest BCUT2D eigenvalue weighted by atomic mass is 16.5. The minimum absolute atomic E-state index is 0.508. The smallest absolute Gasteiger partial charge is 0.314 e. The van der Waals surface area contributed by atoms with Crippen molar-refractivity contribution in [2.24, 2.45) is 5.92 Å². The van der Waals surface area contributed by atoms with Crippen LogP contribution in [-0.4, -0.2) is 17.7 Å². The van der Waals surface area contributed by atoms with Gasteiger partial charge in [-0.3, -0.25) is 4.79 Å². The predicted molar refractivity (Wildman–Crippen MR) is 67.8 cm³/mol. The van der Waals surface area contributed by atoms with Gasteiger partial charge in [0.15, 0.2) is 0 Å². The van der Waals surface area contributed by atoms with E-state index >= 15 is 0 Å². The molecule has 1 aromatic rings. The summed E-state index contributed by atoms with van der Waals surface area (Å²) in [6.45, 7) is 0.508. The first-order chi connectivity index (χ1) is 8.72. The highest BCUT2D eigenvalue weighted by Gasteiger charge is 2.45. The SMILES string of the molecule is O=C(O)C1(CCC2CC2)CCOc2ccccc21. The van der Waals surface area contributed by atoms with Crippen LogP contribution in [0.2, 0.25) is 0 Å². The average Bonchev–Trinajstić information content (AvgIpc) is 3.20. The molecule has 18 heavy (non-hydrogen) atoms. The van der Waals surface area contributed by atoms with Crippen LogP contribution in [0, 0.1) is 5.92 Å². The number of benzene rings is 1. The fraction of sp³-hybridized carbons (Fsp3) is 0.533. The Morgan fingerprint density at radius 2 is 2.17 bits per heavy atom. The maximum atomic E-state index is 11.8. The lowest BCUT2D eigenvalue weighted by Crippen LogP contribution is -2.40. The van der Waals surface area contributed by atoms with Gasteiger partial charge in [0, 0.05) is 12.0 Å². The van der Waals surface area contributed by atoms with E-state index in [1.165, 1.54) is 12.8 Å². The Morgan fingerprint density at radius 1 is 1.39 bits per heavy atom. The lowest BCUT2D eigenvalue weighted by Gasteiger charge is -2.35. The third kappa shape index (κ3) is 1.88. The van der Waals surface area contributed by atoms with E-state index in [2.05, 4.69) is 0 Å². The largest absolute Gasteiger partial charge is 0.493 e. The predicted octanol–water partition coefficient (Wildman–Crippen LogP) is 2.98. The number of hydrogen-bond donors (Lipinski definition) is 1. The molecule has 1 fully saturated rings. The molecule has 1 N–H and O–H groups in total. The minimum Gasteiger partial charge on any atom is -0.493 e. The Balaban J connectivity index is 1.95. The number of aliphatic carboxylic acids is 1. The molecule has 1 unspecified atom stereocenters. The molecule has 0 amide bonds. The normalized spacial score (nSPS) is 26.2. The highest BCUT2D eigenvalue weighted by molar-refractivity contribution is 5.83. The van der Waals surface area contributed by atoms with Gasteiger partial charge in [0.05, 0.1) is 12.0 Å². The van der Waals surface area contributed by atoms with Crippen molar-refractivity contribution >= 4 is 5.97 Å². The number of para-hydroxylation sites is 1. The Morgan fingerprint density at radius 3 is 2.89 bits per heavy atom. The van der Waals surface area contributed by atoms with E-state index in [9.17, 15) is 9.90 Å². The molecule has 0 aromatic heterocycles. The lowest BCUT2D eigenvalue weighted by molar-refractivity contribution is -0.145. The van der Waals surface area contributed by atoms with Crippen molar-refractivity contribution < 1.29 is 14.6 Å². The first-order valence-corrected chi connectivity index (χ1v) is 6.68. The summed E-state index contributed by atoms with van der Waals surface area (Å²) in [5, 5.41) is 9.71. The third-order valence-corrected chi connectivity index (χ3v) is 4.27. The minimum atomic E-state index is -0.725. The van der Waals surface area contributed by atoms with Crippen molar-refractivity contribution in [3.63, 3.8) is 0 Å². The van der Waals surface area contributed by atoms with Crippen LogP contribution in [0.15, 0.2) is 24.3 Å². The number of rotatable bonds is 4. The zero-order valence-corrected chi connectivity index (χ0v) is 10.4. The van der Waals surface area contributed by atoms with Crippen molar-refractivity contribution in [3.8, 4) is 5.75 Å². The lowest BCUT2D eigenvalue weighted by atomic mass is 9.72. The molecule has 2 aliphatic rings. The van der Waals surface area contributed by atoms with Crippen LogP contribution in [-0.2, 0) is 10.2 Å². The summed E-state index contributed by atoms with van der Waals surface area (Å²) < 4.78 is 5.59. The second-order valence-electron chi connectivity index (χ2n) is 5.46. The van der Waals surface area contributed by atoms with Crippen LogP contribution >= 0.6 is 0 Å². The molecule has 0 radical (unpaired) electrons. The van der Waals surface area contributed by atoms with Crippen LogP contribution in [0.1, 0.15) is 37.7 Å². The first-order valence-electron chi connectivity index (χ1n) is 6.68. The third-order valence-electron chi connectivity index (χ3n) is 4.27. The zero-order valence-electron chi connectivity index (χ0n) is 10.4. The van der Waals surface area contributed by atoms with Crippen LogP contribution in [0.3, 0.4) is 0 Å². The van der Waals surface area contributed by atoms with Gasteiger partial charge in [-0.1, -0.05) is 31.0 Å². The standard InChI is InChI=1S/C15H18O3/c16-14(17)15(8-7-11-5-6-11)9-10-18-13-4-2-1-3-12(13)15/h1-4,11H,5-10H2,(H,16,17). The summed E-state index contributed by atoms with van der Waals surface area (Å²) in [6, 6.07) is 7.60. The molecule has 0 spiro atoms. The molecule has 3 rings (SSSR count). The van der Waals surface area contributed by atoms with E-state index < -0.39 is 11.4 Å². The fourth-order valence-corrected chi connectivity index (χ4v) is 2.90. The molecule has 1 aliphatic carbocycles. The number of carbonyl (C=O) groups is 1. The van der Waals surface area contributed by atoms with Crippen molar-refractivity contribution in [2.45, 2.75) is 37.5 Å². The molecular weight excluding hydrogens is 228 g/mol. The van der Waals surface area contributed by atoms with E-state index in [0.29, 0.717) is 13.0 Å². The second kappa shape index (κ2) is 4.30.